The number of Topliss-reactive ketones (excluding diaryl/α,β-unsaturated/α-hetero) is 1. The summed E-state index contributed by atoms with van der Waals surface area (Å²) < 4.78 is 12.0. The van der Waals surface area contributed by atoms with Crippen molar-refractivity contribution in [1.29, 1.82) is 0 Å². The van der Waals surface area contributed by atoms with Crippen LogP contribution in [0.5, 0.6) is 0 Å². The molecular formula is C18H20O4. The number of benzene rings is 1. The zero-order chi connectivity index (χ0) is 15.4. The van der Waals surface area contributed by atoms with Gasteiger partial charge in [-0.3, -0.25) is 4.79 Å². The molecule has 4 nitrogen and oxygen atoms in total. The van der Waals surface area contributed by atoms with Gasteiger partial charge in [0.15, 0.2) is 17.9 Å². The molecule has 6 aliphatic rings. The fraction of sp³-hybridized carbons (Fsp3) is 0.611. The summed E-state index contributed by atoms with van der Waals surface area (Å²) in [5.74, 6) is -0.978. The van der Waals surface area contributed by atoms with Gasteiger partial charge in [-0.1, -0.05) is 37.3 Å². The maximum Gasteiger partial charge on any atom is 0.175 e. The average molecular weight is 300 g/mol. The van der Waals surface area contributed by atoms with E-state index in [9.17, 15) is 9.90 Å². The van der Waals surface area contributed by atoms with Crippen molar-refractivity contribution in [3.8, 4) is 0 Å². The first kappa shape index (κ1) is 13.2. The number of aliphatic hydroxyl groups is 1. The van der Waals surface area contributed by atoms with Crippen LogP contribution in [-0.2, 0) is 9.47 Å². The largest absolute Gasteiger partial charge is 0.365 e. The summed E-state index contributed by atoms with van der Waals surface area (Å²) in [5.41, 5.74) is -0.135. The Hall–Kier alpha value is -1.23. The SMILES string of the molecule is C[C@@]12C[C@@]3(O)OC(O1)C1(CC(=O)c4ccccc4)[C@H]3C[C@]12C. The van der Waals surface area contributed by atoms with Crippen molar-refractivity contribution in [3.05, 3.63) is 35.9 Å². The van der Waals surface area contributed by atoms with Gasteiger partial charge in [0.05, 0.1) is 5.60 Å². The third-order valence-corrected chi connectivity index (χ3v) is 7.21. The fourth-order valence-corrected chi connectivity index (χ4v) is 5.87. The lowest BCUT2D eigenvalue weighted by Crippen LogP contribution is -2.72. The maximum absolute atomic E-state index is 12.8. The van der Waals surface area contributed by atoms with Crippen LogP contribution >= 0.6 is 0 Å². The van der Waals surface area contributed by atoms with Gasteiger partial charge in [-0.05, 0) is 13.3 Å². The third-order valence-electron chi connectivity index (χ3n) is 7.21. The Bertz CT molecular complexity index is 688. The number of carbonyl (C=O) groups is 1. The van der Waals surface area contributed by atoms with Crippen LogP contribution in [0.25, 0.3) is 0 Å². The van der Waals surface area contributed by atoms with Crippen molar-refractivity contribution < 1.29 is 19.4 Å². The highest BCUT2D eigenvalue weighted by Crippen LogP contribution is 2.85. The van der Waals surface area contributed by atoms with E-state index in [1.165, 1.54) is 0 Å². The number of ketones is 1. The number of ether oxygens (including phenoxy) is 2. The lowest BCUT2D eigenvalue weighted by molar-refractivity contribution is -0.370. The summed E-state index contributed by atoms with van der Waals surface area (Å²) in [7, 11) is 0. The van der Waals surface area contributed by atoms with Crippen LogP contribution < -0.4 is 0 Å². The zero-order valence-electron chi connectivity index (χ0n) is 12.8. The normalized spacial score (nSPS) is 53.6. The molecule has 1 aromatic rings. The van der Waals surface area contributed by atoms with Gasteiger partial charge in [0.25, 0.3) is 0 Å². The zero-order valence-corrected chi connectivity index (χ0v) is 12.8. The number of rotatable bonds is 3. The Balaban J connectivity index is 1.57. The first-order chi connectivity index (χ1) is 10.3. The molecular weight excluding hydrogens is 280 g/mol. The fourth-order valence-electron chi connectivity index (χ4n) is 5.87. The Morgan fingerprint density at radius 3 is 2.73 bits per heavy atom. The molecule has 0 spiro atoms. The number of hydrogen-bond donors (Lipinski definition) is 1. The molecule has 3 saturated carbocycles. The van der Waals surface area contributed by atoms with Gasteiger partial charge in [-0.25, -0.2) is 0 Å². The molecule has 1 aromatic carbocycles. The molecule has 0 radical (unpaired) electrons. The molecule has 116 valence electrons. The van der Waals surface area contributed by atoms with Crippen molar-refractivity contribution in [1.82, 2.24) is 0 Å². The van der Waals surface area contributed by atoms with Crippen LogP contribution in [0.3, 0.4) is 0 Å². The van der Waals surface area contributed by atoms with Gasteiger partial charge in [-0.2, -0.15) is 0 Å². The Morgan fingerprint density at radius 1 is 1.27 bits per heavy atom. The second-order valence-corrected chi connectivity index (χ2v) is 7.92. The van der Waals surface area contributed by atoms with E-state index in [-0.39, 0.29) is 22.5 Å². The van der Waals surface area contributed by atoms with Crippen molar-refractivity contribution in [3.63, 3.8) is 0 Å². The molecule has 3 aliphatic carbocycles. The second-order valence-electron chi connectivity index (χ2n) is 7.92. The Kier molecular flexibility index (Phi) is 2.09. The van der Waals surface area contributed by atoms with Crippen LogP contribution in [-0.4, -0.2) is 28.6 Å². The smallest absolute Gasteiger partial charge is 0.175 e. The molecule has 0 aromatic heterocycles. The summed E-state index contributed by atoms with van der Waals surface area (Å²) >= 11 is 0. The van der Waals surface area contributed by atoms with Crippen LogP contribution in [0.4, 0.5) is 0 Å². The number of hydrogen-bond acceptors (Lipinski definition) is 4. The van der Waals surface area contributed by atoms with E-state index in [0.717, 1.165) is 12.0 Å². The summed E-state index contributed by atoms with van der Waals surface area (Å²) in [4.78, 5) is 12.8. The quantitative estimate of drug-likeness (QED) is 0.872. The van der Waals surface area contributed by atoms with Crippen LogP contribution in [0.1, 0.15) is 43.5 Å². The first-order valence-corrected chi connectivity index (χ1v) is 8.01. The van der Waals surface area contributed by atoms with Crippen LogP contribution in [0.2, 0.25) is 0 Å². The molecule has 6 atom stereocenters. The van der Waals surface area contributed by atoms with E-state index in [4.69, 9.17) is 9.47 Å². The van der Waals surface area contributed by atoms with Crippen LogP contribution in [0, 0.1) is 16.7 Å². The molecule has 22 heavy (non-hydrogen) atoms. The van der Waals surface area contributed by atoms with Crippen molar-refractivity contribution >= 4 is 5.78 Å². The summed E-state index contributed by atoms with van der Waals surface area (Å²) in [6.45, 7) is 4.27. The lowest BCUT2D eigenvalue weighted by Gasteiger charge is -2.67. The highest BCUT2D eigenvalue weighted by atomic mass is 16.8. The van der Waals surface area contributed by atoms with E-state index in [2.05, 4.69) is 13.8 Å². The Labute approximate surface area is 129 Å². The van der Waals surface area contributed by atoms with Crippen molar-refractivity contribution in [2.45, 2.75) is 50.8 Å². The molecule has 2 unspecified atom stereocenters. The average Bonchev–Trinajstić information content (AvgIpc) is 2.66. The van der Waals surface area contributed by atoms with Gasteiger partial charge in [-0.15, -0.1) is 0 Å². The predicted octanol–water partition coefficient (Wildman–Crippen LogP) is 2.51. The van der Waals surface area contributed by atoms with Gasteiger partial charge >= 0.3 is 0 Å². The third kappa shape index (κ3) is 1.12. The van der Waals surface area contributed by atoms with E-state index in [1.807, 2.05) is 30.3 Å². The minimum Gasteiger partial charge on any atom is -0.365 e. The molecule has 6 fully saturated rings. The van der Waals surface area contributed by atoms with Gasteiger partial charge in [0, 0.05) is 35.2 Å². The minimum atomic E-state index is -1.10. The highest BCUT2D eigenvalue weighted by Gasteiger charge is 2.91. The Morgan fingerprint density at radius 2 is 2.00 bits per heavy atom. The van der Waals surface area contributed by atoms with Gasteiger partial charge < -0.3 is 14.6 Å². The minimum absolute atomic E-state index is 0.0123. The summed E-state index contributed by atoms with van der Waals surface area (Å²) in [6.07, 6.45) is 1.32. The molecule has 6 bridgehead atoms. The van der Waals surface area contributed by atoms with Crippen molar-refractivity contribution in [2.75, 3.05) is 0 Å². The number of carbonyl (C=O) groups excluding carboxylic acids is 1. The molecule has 0 amide bonds. The molecule has 3 heterocycles. The van der Waals surface area contributed by atoms with E-state index in [0.29, 0.717) is 12.8 Å². The molecule has 4 heteroatoms. The molecule has 3 saturated heterocycles. The van der Waals surface area contributed by atoms with E-state index < -0.39 is 17.7 Å². The highest BCUT2D eigenvalue weighted by molar-refractivity contribution is 5.96. The molecule has 1 N–H and O–H groups in total. The standard InChI is InChI=1S/C18H20O4/c1-15-9-13-17(15,8-12(19)11-6-4-3-5-7-11)14-21-16(15,2)10-18(13,20)22-14/h3-7,13-14,20H,8-10H2,1-2H3/t13-,14?,15+,16+,17?,18-/m1/s1. The second kappa shape index (κ2) is 3.48. The molecule has 7 rings (SSSR count). The summed E-state index contributed by atoms with van der Waals surface area (Å²) in [6, 6.07) is 9.38. The van der Waals surface area contributed by atoms with Gasteiger partial charge in [0.1, 0.15) is 0 Å². The molecule has 3 aliphatic heterocycles. The van der Waals surface area contributed by atoms with Crippen molar-refractivity contribution in [2.24, 2.45) is 16.7 Å². The predicted molar refractivity (Wildman–Crippen MR) is 78.0 cm³/mol. The van der Waals surface area contributed by atoms with Gasteiger partial charge in [0.2, 0.25) is 0 Å². The van der Waals surface area contributed by atoms with E-state index in [1.54, 1.807) is 0 Å². The topological polar surface area (TPSA) is 55.8 Å². The maximum atomic E-state index is 12.8. The monoisotopic (exact) mass is 300 g/mol. The van der Waals surface area contributed by atoms with E-state index >= 15 is 0 Å². The van der Waals surface area contributed by atoms with Crippen LogP contribution in [0.15, 0.2) is 30.3 Å². The lowest BCUT2D eigenvalue weighted by atomic mass is 9.35. The summed E-state index contributed by atoms with van der Waals surface area (Å²) in [5, 5.41) is 10.8. The first-order valence-electron chi connectivity index (χ1n) is 8.01.